The average molecular weight is 461 g/mol. The number of sulfonamides is 1. The van der Waals surface area contributed by atoms with Crippen molar-refractivity contribution in [2.24, 2.45) is 17.8 Å². The van der Waals surface area contributed by atoms with Crippen molar-refractivity contribution in [2.75, 3.05) is 0 Å². The fraction of sp³-hybridized carbons (Fsp3) is 0.650. The van der Waals surface area contributed by atoms with Gasteiger partial charge in [-0.05, 0) is 81.9 Å². The molecular formula is C20H26Cl2N2O4S. The van der Waals surface area contributed by atoms with E-state index in [1.807, 2.05) is 0 Å². The van der Waals surface area contributed by atoms with Crippen molar-refractivity contribution in [1.82, 2.24) is 10.0 Å². The maximum absolute atomic E-state index is 13.0. The highest BCUT2D eigenvalue weighted by Gasteiger charge is 2.55. The second-order valence-electron chi connectivity index (χ2n) is 9.50. The minimum Gasteiger partial charge on any atom is -0.390 e. The van der Waals surface area contributed by atoms with Gasteiger partial charge in [0.15, 0.2) is 0 Å². The summed E-state index contributed by atoms with van der Waals surface area (Å²) in [5.74, 6) is 0.640. The van der Waals surface area contributed by atoms with Gasteiger partial charge in [-0.3, -0.25) is 4.79 Å². The first-order valence-corrected chi connectivity index (χ1v) is 12.1. The van der Waals surface area contributed by atoms with E-state index < -0.39 is 21.2 Å². The molecule has 0 aromatic heterocycles. The van der Waals surface area contributed by atoms with Crippen LogP contribution in [0.15, 0.2) is 23.1 Å². The van der Waals surface area contributed by atoms with Gasteiger partial charge in [0.05, 0.1) is 10.6 Å². The van der Waals surface area contributed by atoms with Crippen LogP contribution < -0.4 is 10.0 Å². The second kappa shape index (κ2) is 7.09. The Hall–Kier alpha value is -0.860. The first-order valence-electron chi connectivity index (χ1n) is 9.91. The molecule has 4 fully saturated rings. The van der Waals surface area contributed by atoms with Crippen LogP contribution in [0.2, 0.25) is 10.0 Å². The zero-order valence-electron chi connectivity index (χ0n) is 16.4. The Labute approximate surface area is 181 Å². The third-order valence-electron chi connectivity index (χ3n) is 6.68. The molecule has 0 aliphatic heterocycles. The van der Waals surface area contributed by atoms with Crippen molar-refractivity contribution < 1.29 is 18.3 Å². The lowest BCUT2D eigenvalue weighted by Gasteiger charge is -2.58. The van der Waals surface area contributed by atoms with Crippen molar-refractivity contribution in [3.05, 3.63) is 28.2 Å². The van der Waals surface area contributed by atoms with Gasteiger partial charge in [0.2, 0.25) is 15.9 Å². The molecule has 1 amide bonds. The standard InChI is InChI=1S/C20H26Cl2N2O4S/c1-19(2,24-29(27,28)16-4-3-14(21)7-15(16)22)18(25)23-17-12-5-11-6-13(17)10-20(26,8-11)9-12/h3-4,7,11-13,17,24,26H,5-6,8-10H2,1-2H3,(H,23,25). The lowest BCUT2D eigenvalue weighted by molar-refractivity contribution is -0.148. The average Bonchev–Trinajstić information content (AvgIpc) is 2.55. The molecule has 160 valence electrons. The van der Waals surface area contributed by atoms with Gasteiger partial charge in [0, 0.05) is 11.1 Å². The van der Waals surface area contributed by atoms with Crippen LogP contribution >= 0.6 is 23.2 Å². The summed E-state index contributed by atoms with van der Waals surface area (Å²) in [6.45, 7) is 3.07. The minimum absolute atomic E-state index is 0.00418. The Morgan fingerprint density at radius 2 is 1.79 bits per heavy atom. The molecule has 3 N–H and O–H groups in total. The zero-order valence-corrected chi connectivity index (χ0v) is 18.7. The third kappa shape index (κ3) is 4.04. The normalized spacial score (nSPS) is 33.7. The van der Waals surface area contributed by atoms with Crippen molar-refractivity contribution in [1.29, 1.82) is 0 Å². The molecule has 1 aromatic carbocycles. The van der Waals surface area contributed by atoms with Crippen molar-refractivity contribution >= 4 is 39.1 Å². The molecule has 0 heterocycles. The summed E-state index contributed by atoms with van der Waals surface area (Å²) in [5.41, 5.74) is -1.95. The molecule has 9 heteroatoms. The van der Waals surface area contributed by atoms with Crippen LogP contribution in [0.25, 0.3) is 0 Å². The van der Waals surface area contributed by atoms with Crippen LogP contribution in [0.4, 0.5) is 0 Å². The van der Waals surface area contributed by atoms with E-state index in [1.165, 1.54) is 32.0 Å². The Morgan fingerprint density at radius 3 is 2.34 bits per heavy atom. The highest BCUT2D eigenvalue weighted by Crippen LogP contribution is 2.55. The molecular weight excluding hydrogens is 435 g/mol. The molecule has 2 atom stereocenters. The number of benzene rings is 1. The predicted octanol–water partition coefficient (Wildman–Crippen LogP) is 3.11. The van der Waals surface area contributed by atoms with E-state index in [2.05, 4.69) is 10.0 Å². The summed E-state index contributed by atoms with van der Waals surface area (Å²) in [7, 11) is -4.02. The van der Waals surface area contributed by atoms with Gasteiger partial charge in [0.1, 0.15) is 10.4 Å². The quantitative estimate of drug-likeness (QED) is 0.628. The minimum atomic E-state index is -4.02. The molecule has 29 heavy (non-hydrogen) atoms. The van der Waals surface area contributed by atoms with E-state index in [4.69, 9.17) is 23.2 Å². The largest absolute Gasteiger partial charge is 0.390 e. The number of amides is 1. The molecule has 4 saturated carbocycles. The number of hydrogen-bond donors (Lipinski definition) is 3. The van der Waals surface area contributed by atoms with Gasteiger partial charge in [-0.15, -0.1) is 0 Å². The van der Waals surface area contributed by atoms with Crippen LogP contribution in [0, 0.1) is 17.8 Å². The van der Waals surface area contributed by atoms with Crippen molar-refractivity contribution in [2.45, 2.75) is 68.0 Å². The Kier molecular flexibility index (Phi) is 5.23. The summed E-state index contributed by atoms with van der Waals surface area (Å²) >= 11 is 11.9. The molecule has 6 nitrogen and oxygen atoms in total. The van der Waals surface area contributed by atoms with Gasteiger partial charge in [-0.1, -0.05) is 23.2 Å². The maximum atomic E-state index is 13.0. The fourth-order valence-electron chi connectivity index (χ4n) is 5.68. The van der Waals surface area contributed by atoms with Crippen LogP contribution in [-0.2, 0) is 14.8 Å². The molecule has 1 aromatic rings. The van der Waals surface area contributed by atoms with Crippen molar-refractivity contribution in [3.8, 4) is 0 Å². The third-order valence-corrected chi connectivity index (χ3v) is 9.05. The van der Waals surface area contributed by atoms with E-state index in [0.29, 0.717) is 23.8 Å². The van der Waals surface area contributed by atoms with Crippen LogP contribution in [-0.4, -0.2) is 36.6 Å². The molecule has 2 unspecified atom stereocenters. The number of carbonyl (C=O) groups is 1. The van der Waals surface area contributed by atoms with E-state index >= 15 is 0 Å². The number of halogens is 2. The molecule has 4 aliphatic rings. The highest BCUT2D eigenvalue weighted by molar-refractivity contribution is 7.89. The van der Waals surface area contributed by atoms with Gasteiger partial charge in [0.25, 0.3) is 0 Å². The molecule has 0 radical (unpaired) electrons. The van der Waals surface area contributed by atoms with E-state index in [1.54, 1.807) is 0 Å². The van der Waals surface area contributed by atoms with Crippen LogP contribution in [0.3, 0.4) is 0 Å². The number of rotatable bonds is 5. The van der Waals surface area contributed by atoms with Crippen LogP contribution in [0.1, 0.15) is 46.0 Å². The van der Waals surface area contributed by atoms with Gasteiger partial charge >= 0.3 is 0 Å². The second-order valence-corrected chi connectivity index (χ2v) is 12.0. The number of aliphatic hydroxyl groups is 1. The topological polar surface area (TPSA) is 95.5 Å². The number of nitrogens with one attached hydrogen (secondary N) is 2. The number of carbonyl (C=O) groups excluding carboxylic acids is 1. The van der Waals surface area contributed by atoms with E-state index in [9.17, 15) is 18.3 Å². The van der Waals surface area contributed by atoms with Crippen LogP contribution in [0.5, 0.6) is 0 Å². The summed E-state index contributed by atoms with van der Waals surface area (Å²) in [4.78, 5) is 12.9. The van der Waals surface area contributed by atoms with E-state index in [-0.39, 0.29) is 33.7 Å². The molecule has 4 bridgehead atoms. The molecule has 4 aliphatic carbocycles. The van der Waals surface area contributed by atoms with Gasteiger partial charge in [-0.25, -0.2) is 8.42 Å². The summed E-state index contributed by atoms with van der Waals surface area (Å²) in [5, 5.41) is 14.1. The Morgan fingerprint density at radius 1 is 1.17 bits per heavy atom. The zero-order chi connectivity index (χ0) is 21.2. The fourth-order valence-corrected chi connectivity index (χ4v) is 7.83. The highest BCUT2D eigenvalue weighted by atomic mass is 35.5. The predicted molar refractivity (Wildman–Crippen MR) is 111 cm³/mol. The lowest BCUT2D eigenvalue weighted by atomic mass is 9.52. The Bertz CT molecular complexity index is 934. The number of hydrogen-bond acceptors (Lipinski definition) is 4. The molecule has 5 rings (SSSR count). The first kappa shape index (κ1) is 21.4. The summed E-state index contributed by atoms with van der Waals surface area (Å²) < 4.78 is 28.1. The summed E-state index contributed by atoms with van der Waals surface area (Å²) in [6, 6.07) is 4.08. The van der Waals surface area contributed by atoms with Gasteiger partial charge in [-0.2, -0.15) is 4.72 Å². The molecule has 0 spiro atoms. The SMILES string of the molecule is CC(C)(NS(=O)(=O)c1ccc(Cl)cc1Cl)C(=O)NC1C2CC3CC1CC(O)(C3)C2. The maximum Gasteiger partial charge on any atom is 0.243 e. The monoisotopic (exact) mass is 460 g/mol. The first-order chi connectivity index (χ1) is 13.4. The lowest BCUT2D eigenvalue weighted by Crippen LogP contribution is -2.65. The molecule has 0 saturated heterocycles. The van der Waals surface area contributed by atoms with E-state index in [0.717, 1.165) is 19.3 Å². The smallest absolute Gasteiger partial charge is 0.243 e. The van der Waals surface area contributed by atoms with Gasteiger partial charge < -0.3 is 10.4 Å². The Balaban J connectivity index is 1.48. The summed E-state index contributed by atoms with van der Waals surface area (Å²) in [6.07, 6.45) is 4.30. The van der Waals surface area contributed by atoms with Crippen molar-refractivity contribution in [3.63, 3.8) is 0 Å².